The van der Waals surface area contributed by atoms with Gasteiger partial charge in [0, 0.05) is 11.8 Å². The Balaban J connectivity index is 2.39. The molecular weight excluding hydrogens is 353 g/mol. The molecule has 1 aromatic heterocycles. The zero-order valence-corrected chi connectivity index (χ0v) is 12.2. The fourth-order valence-corrected chi connectivity index (χ4v) is 2.09. The highest BCUT2D eigenvalue weighted by molar-refractivity contribution is 9.10. The number of rotatable bonds is 3. The molecule has 2 aromatic rings. The van der Waals surface area contributed by atoms with Crippen LogP contribution in [0.4, 0.5) is 4.39 Å². The van der Waals surface area contributed by atoms with E-state index in [1.807, 2.05) is 0 Å². The zero-order chi connectivity index (χ0) is 14.7. The Morgan fingerprint density at radius 3 is 2.85 bits per heavy atom. The van der Waals surface area contributed by atoms with Crippen molar-refractivity contribution in [1.29, 1.82) is 0 Å². The normalized spacial score (nSPS) is 11.4. The molecule has 0 atom stereocenters. The average Bonchev–Trinajstić information content (AvgIpc) is 2.43. The van der Waals surface area contributed by atoms with Gasteiger partial charge in [-0.05, 0) is 40.2 Å². The molecule has 2 rings (SSSR count). The molecule has 0 fully saturated rings. The third kappa shape index (κ3) is 3.00. The molecule has 1 aromatic carbocycles. The van der Waals surface area contributed by atoms with Crippen LogP contribution in [0.3, 0.4) is 0 Å². The van der Waals surface area contributed by atoms with E-state index in [-0.39, 0.29) is 22.3 Å². The van der Waals surface area contributed by atoms with Gasteiger partial charge in [0.2, 0.25) is 5.88 Å². The molecule has 0 saturated carbocycles. The second-order valence-electron chi connectivity index (χ2n) is 3.64. The van der Waals surface area contributed by atoms with Gasteiger partial charge in [-0.25, -0.2) is 9.37 Å². The largest absolute Gasteiger partial charge is 0.436 e. The number of hydrogen-bond donors (Lipinski definition) is 2. The van der Waals surface area contributed by atoms with Gasteiger partial charge in [0.25, 0.3) is 0 Å². The van der Waals surface area contributed by atoms with Crippen molar-refractivity contribution in [1.82, 2.24) is 4.98 Å². The van der Waals surface area contributed by atoms with Crippen LogP contribution in [-0.4, -0.2) is 16.0 Å². The number of benzene rings is 1. The van der Waals surface area contributed by atoms with Crippen molar-refractivity contribution in [2.45, 2.75) is 0 Å². The molecule has 0 unspecified atom stereocenters. The summed E-state index contributed by atoms with van der Waals surface area (Å²) in [6, 6.07) is 5.38. The van der Waals surface area contributed by atoms with Gasteiger partial charge in [-0.15, -0.1) is 0 Å². The average molecular weight is 361 g/mol. The van der Waals surface area contributed by atoms with Crippen LogP contribution in [0.1, 0.15) is 5.56 Å². The molecule has 0 aliphatic rings. The molecule has 104 valence electrons. The summed E-state index contributed by atoms with van der Waals surface area (Å²) >= 11 is 9.23. The number of nitrogens with two attached hydrogens (primary N) is 1. The SMILES string of the molecule is N/C(=N/O)c1ccnc(Oc2ccc(F)cc2Br)c1Cl. The van der Waals surface area contributed by atoms with E-state index >= 15 is 0 Å². The van der Waals surface area contributed by atoms with Crippen molar-refractivity contribution < 1.29 is 14.3 Å². The molecular formula is C12H8BrClFN3O2. The van der Waals surface area contributed by atoms with E-state index in [0.717, 1.165) is 0 Å². The van der Waals surface area contributed by atoms with Crippen molar-refractivity contribution in [3.63, 3.8) is 0 Å². The van der Waals surface area contributed by atoms with Crippen LogP contribution in [-0.2, 0) is 0 Å². The summed E-state index contributed by atoms with van der Waals surface area (Å²) in [6.07, 6.45) is 1.39. The fraction of sp³-hybridized carbons (Fsp3) is 0. The lowest BCUT2D eigenvalue weighted by atomic mass is 10.2. The number of pyridine rings is 1. The van der Waals surface area contributed by atoms with E-state index in [1.54, 1.807) is 0 Å². The molecule has 0 aliphatic heterocycles. The van der Waals surface area contributed by atoms with Crippen LogP contribution < -0.4 is 10.5 Å². The van der Waals surface area contributed by atoms with Crippen LogP contribution in [0.25, 0.3) is 0 Å². The Morgan fingerprint density at radius 2 is 2.20 bits per heavy atom. The Labute approximate surface area is 127 Å². The van der Waals surface area contributed by atoms with Crippen molar-refractivity contribution in [3.05, 3.63) is 51.3 Å². The molecule has 3 N–H and O–H groups in total. The lowest BCUT2D eigenvalue weighted by Crippen LogP contribution is -2.14. The summed E-state index contributed by atoms with van der Waals surface area (Å²) in [5.74, 6) is -0.186. The number of ether oxygens (including phenoxy) is 1. The second-order valence-corrected chi connectivity index (χ2v) is 4.87. The van der Waals surface area contributed by atoms with Crippen molar-refractivity contribution in [3.8, 4) is 11.6 Å². The monoisotopic (exact) mass is 359 g/mol. The number of halogens is 3. The molecule has 0 radical (unpaired) electrons. The maximum atomic E-state index is 13.0. The Bertz CT molecular complexity index is 682. The first-order chi connectivity index (χ1) is 9.52. The van der Waals surface area contributed by atoms with Crippen LogP contribution in [0, 0.1) is 5.82 Å². The van der Waals surface area contributed by atoms with Crippen molar-refractivity contribution >= 4 is 33.4 Å². The topological polar surface area (TPSA) is 80.7 Å². The van der Waals surface area contributed by atoms with Crippen LogP contribution in [0.2, 0.25) is 5.02 Å². The minimum atomic E-state index is -0.409. The summed E-state index contributed by atoms with van der Waals surface area (Å²) in [5, 5.41) is 11.6. The Morgan fingerprint density at radius 1 is 1.45 bits per heavy atom. The maximum Gasteiger partial charge on any atom is 0.238 e. The second kappa shape index (κ2) is 6.06. The van der Waals surface area contributed by atoms with E-state index in [4.69, 9.17) is 27.3 Å². The van der Waals surface area contributed by atoms with Gasteiger partial charge in [-0.2, -0.15) is 0 Å². The number of nitrogens with zero attached hydrogens (tertiary/aromatic N) is 2. The van der Waals surface area contributed by atoms with Crippen LogP contribution >= 0.6 is 27.5 Å². The van der Waals surface area contributed by atoms with E-state index in [1.165, 1.54) is 30.5 Å². The van der Waals surface area contributed by atoms with Gasteiger partial charge in [0.05, 0.1) is 4.47 Å². The number of amidine groups is 1. The fourth-order valence-electron chi connectivity index (χ4n) is 1.41. The first kappa shape index (κ1) is 14.5. The molecule has 0 bridgehead atoms. The number of aromatic nitrogens is 1. The molecule has 0 aliphatic carbocycles. The summed E-state index contributed by atoms with van der Waals surface area (Å²) in [5.41, 5.74) is 5.76. The maximum absolute atomic E-state index is 13.0. The molecule has 0 spiro atoms. The van der Waals surface area contributed by atoms with E-state index in [0.29, 0.717) is 10.2 Å². The number of hydrogen-bond acceptors (Lipinski definition) is 4. The molecule has 20 heavy (non-hydrogen) atoms. The highest BCUT2D eigenvalue weighted by atomic mass is 79.9. The third-order valence-electron chi connectivity index (χ3n) is 2.34. The number of oxime groups is 1. The molecule has 0 saturated heterocycles. The van der Waals surface area contributed by atoms with Crippen molar-refractivity contribution in [2.75, 3.05) is 0 Å². The van der Waals surface area contributed by atoms with E-state index < -0.39 is 5.82 Å². The van der Waals surface area contributed by atoms with Gasteiger partial charge in [0.1, 0.15) is 16.6 Å². The quantitative estimate of drug-likeness (QED) is 0.380. The predicted octanol–water partition coefficient (Wildman–Crippen LogP) is 3.52. The van der Waals surface area contributed by atoms with E-state index in [2.05, 4.69) is 26.1 Å². The first-order valence-electron chi connectivity index (χ1n) is 5.28. The smallest absolute Gasteiger partial charge is 0.238 e. The first-order valence-corrected chi connectivity index (χ1v) is 6.45. The molecule has 1 heterocycles. The lowest BCUT2D eigenvalue weighted by molar-refractivity contribution is 0.318. The van der Waals surface area contributed by atoms with Crippen LogP contribution in [0.15, 0.2) is 40.1 Å². The van der Waals surface area contributed by atoms with Crippen molar-refractivity contribution in [2.24, 2.45) is 10.9 Å². The highest BCUT2D eigenvalue weighted by Gasteiger charge is 2.14. The summed E-state index contributed by atoms with van der Waals surface area (Å²) in [6.45, 7) is 0. The Hall–Kier alpha value is -1.86. The minimum Gasteiger partial charge on any atom is -0.436 e. The third-order valence-corrected chi connectivity index (χ3v) is 3.33. The lowest BCUT2D eigenvalue weighted by Gasteiger charge is -2.10. The zero-order valence-electron chi connectivity index (χ0n) is 9.85. The van der Waals surface area contributed by atoms with Crippen LogP contribution in [0.5, 0.6) is 11.6 Å². The molecule has 5 nitrogen and oxygen atoms in total. The Kier molecular flexibility index (Phi) is 4.41. The van der Waals surface area contributed by atoms with Gasteiger partial charge < -0.3 is 15.7 Å². The van der Waals surface area contributed by atoms with Gasteiger partial charge in [-0.1, -0.05) is 16.8 Å². The van der Waals surface area contributed by atoms with E-state index in [9.17, 15) is 4.39 Å². The summed E-state index contributed by atoms with van der Waals surface area (Å²) in [7, 11) is 0. The summed E-state index contributed by atoms with van der Waals surface area (Å²) in [4.78, 5) is 3.95. The van der Waals surface area contributed by atoms with Gasteiger partial charge in [-0.3, -0.25) is 0 Å². The predicted molar refractivity (Wildman–Crippen MR) is 75.9 cm³/mol. The molecule has 8 heteroatoms. The standard InChI is InChI=1S/C12H8BrClFN3O2/c13-8-5-6(15)1-2-9(8)20-12-10(14)7(3-4-17-12)11(16)18-19/h1-5,19H,(H2,16,18). The molecule has 0 amide bonds. The van der Waals surface area contributed by atoms with Gasteiger partial charge in [0.15, 0.2) is 5.84 Å². The van der Waals surface area contributed by atoms with Gasteiger partial charge >= 0.3 is 0 Å². The summed E-state index contributed by atoms with van der Waals surface area (Å²) < 4.78 is 18.9. The highest BCUT2D eigenvalue weighted by Crippen LogP contribution is 2.33. The minimum absolute atomic E-state index is 0.0584.